The number of aryl methyl sites for hydroxylation is 1. The van der Waals surface area contributed by atoms with E-state index in [0.29, 0.717) is 18.9 Å². The molecular formula is C15H19N3O3. The molecule has 21 heavy (non-hydrogen) atoms. The Balaban J connectivity index is 1.70. The molecule has 0 bridgehead atoms. The van der Waals surface area contributed by atoms with Crippen LogP contribution < -0.4 is 10.1 Å². The van der Waals surface area contributed by atoms with Crippen LogP contribution in [-0.2, 0) is 11.3 Å². The van der Waals surface area contributed by atoms with Crippen LogP contribution in [0.3, 0.4) is 0 Å². The maximum atomic E-state index is 11.2. The zero-order valence-corrected chi connectivity index (χ0v) is 12.0. The van der Waals surface area contributed by atoms with E-state index in [4.69, 9.17) is 9.47 Å². The van der Waals surface area contributed by atoms with Crippen molar-refractivity contribution >= 4 is 11.8 Å². The number of aromatic nitrogens is 2. The second kappa shape index (κ2) is 7.94. The van der Waals surface area contributed by atoms with Crippen LogP contribution in [0.25, 0.3) is 0 Å². The second-order valence-corrected chi connectivity index (χ2v) is 4.37. The van der Waals surface area contributed by atoms with Crippen LogP contribution in [0.2, 0.25) is 0 Å². The minimum Gasteiger partial charge on any atom is -0.494 e. The van der Waals surface area contributed by atoms with E-state index in [1.54, 1.807) is 31.6 Å². The fraction of sp³-hybridized carbons (Fsp3) is 0.333. The summed E-state index contributed by atoms with van der Waals surface area (Å²) < 4.78 is 12.4. The number of anilines is 1. The molecule has 0 saturated carbocycles. The summed E-state index contributed by atoms with van der Waals surface area (Å²) in [6.07, 6.45) is 5.92. The van der Waals surface area contributed by atoms with Crippen LogP contribution in [-0.4, -0.2) is 28.9 Å². The van der Waals surface area contributed by atoms with Gasteiger partial charge in [0.15, 0.2) is 0 Å². The van der Waals surface area contributed by atoms with Gasteiger partial charge >= 0.3 is 6.09 Å². The Labute approximate surface area is 123 Å². The second-order valence-electron chi connectivity index (χ2n) is 4.37. The van der Waals surface area contributed by atoms with Gasteiger partial charge in [-0.2, -0.15) is 0 Å². The van der Waals surface area contributed by atoms with Crippen LogP contribution in [0, 0.1) is 0 Å². The number of carbonyl (C=O) groups is 1. The molecule has 1 aromatic carbocycles. The summed E-state index contributed by atoms with van der Waals surface area (Å²) in [5.74, 6) is 0.773. The number of benzene rings is 1. The lowest BCUT2D eigenvalue weighted by molar-refractivity contribution is 0.168. The zero-order chi connectivity index (χ0) is 14.9. The van der Waals surface area contributed by atoms with Crippen molar-refractivity contribution in [2.75, 3.05) is 18.5 Å². The molecular weight excluding hydrogens is 270 g/mol. The van der Waals surface area contributed by atoms with E-state index >= 15 is 0 Å². The Bertz CT molecular complexity index is 538. The first-order valence-electron chi connectivity index (χ1n) is 6.90. The van der Waals surface area contributed by atoms with Gasteiger partial charge in [-0.25, -0.2) is 9.78 Å². The van der Waals surface area contributed by atoms with Crippen molar-refractivity contribution < 1.29 is 14.3 Å². The molecule has 0 saturated heterocycles. The predicted molar refractivity (Wildman–Crippen MR) is 79.4 cm³/mol. The minimum atomic E-state index is -0.452. The molecule has 0 atom stereocenters. The van der Waals surface area contributed by atoms with Gasteiger partial charge in [0.25, 0.3) is 0 Å². The average Bonchev–Trinajstić information content (AvgIpc) is 2.99. The van der Waals surface area contributed by atoms with E-state index in [-0.39, 0.29) is 0 Å². The molecule has 2 aromatic rings. The van der Waals surface area contributed by atoms with Crippen LogP contribution in [0.4, 0.5) is 10.5 Å². The van der Waals surface area contributed by atoms with E-state index in [0.717, 1.165) is 18.7 Å². The molecule has 0 unspecified atom stereocenters. The summed E-state index contributed by atoms with van der Waals surface area (Å²) in [5.41, 5.74) is 0.680. The van der Waals surface area contributed by atoms with Gasteiger partial charge in [0.05, 0.1) is 19.5 Å². The molecule has 1 heterocycles. The van der Waals surface area contributed by atoms with Crippen molar-refractivity contribution in [3.63, 3.8) is 0 Å². The standard InChI is InChI=1S/C15H19N3O3/c1-2-20-15(19)17-13-4-6-14(7-5-13)21-11-3-9-18-10-8-16-12-18/h4-8,10,12H,2-3,9,11H2,1H3,(H,17,19). The number of imidazole rings is 1. The maximum Gasteiger partial charge on any atom is 0.411 e. The molecule has 1 N–H and O–H groups in total. The summed E-state index contributed by atoms with van der Waals surface area (Å²) in [6.45, 7) is 3.62. The molecule has 0 aliphatic rings. The van der Waals surface area contributed by atoms with Crippen molar-refractivity contribution in [1.82, 2.24) is 9.55 Å². The number of ether oxygens (including phenoxy) is 2. The third kappa shape index (κ3) is 5.18. The van der Waals surface area contributed by atoms with Gasteiger partial charge in [-0.1, -0.05) is 0 Å². The highest BCUT2D eigenvalue weighted by Gasteiger charge is 2.02. The molecule has 0 fully saturated rings. The normalized spacial score (nSPS) is 10.1. The zero-order valence-electron chi connectivity index (χ0n) is 12.0. The van der Waals surface area contributed by atoms with Gasteiger partial charge in [-0.3, -0.25) is 5.32 Å². The molecule has 6 nitrogen and oxygen atoms in total. The molecule has 1 aromatic heterocycles. The molecule has 1 amide bonds. The molecule has 0 aliphatic heterocycles. The van der Waals surface area contributed by atoms with E-state index in [2.05, 4.69) is 10.3 Å². The molecule has 112 valence electrons. The lowest BCUT2D eigenvalue weighted by Crippen LogP contribution is -2.13. The number of nitrogens with zero attached hydrogens (tertiary/aromatic N) is 2. The highest BCUT2D eigenvalue weighted by molar-refractivity contribution is 5.84. The lowest BCUT2D eigenvalue weighted by atomic mass is 10.3. The van der Waals surface area contributed by atoms with Crippen molar-refractivity contribution in [2.24, 2.45) is 0 Å². The largest absolute Gasteiger partial charge is 0.494 e. The Morgan fingerprint density at radius 2 is 2.14 bits per heavy atom. The first-order chi connectivity index (χ1) is 10.3. The monoisotopic (exact) mass is 289 g/mol. The average molecular weight is 289 g/mol. The third-order valence-electron chi connectivity index (χ3n) is 2.76. The van der Waals surface area contributed by atoms with E-state index in [1.165, 1.54) is 0 Å². The van der Waals surface area contributed by atoms with Gasteiger partial charge in [-0.05, 0) is 37.6 Å². The molecule has 0 spiro atoms. The number of carbonyl (C=O) groups excluding carboxylic acids is 1. The molecule has 0 radical (unpaired) electrons. The highest BCUT2D eigenvalue weighted by atomic mass is 16.5. The summed E-state index contributed by atoms with van der Waals surface area (Å²) in [5, 5.41) is 2.63. The SMILES string of the molecule is CCOC(=O)Nc1ccc(OCCCn2ccnc2)cc1. The van der Waals surface area contributed by atoms with Gasteiger partial charge in [0, 0.05) is 24.6 Å². The first kappa shape index (κ1) is 14.9. The fourth-order valence-corrected chi connectivity index (χ4v) is 1.78. The summed E-state index contributed by atoms with van der Waals surface area (Å²) in [4.78, 5) is 15.2. The third-order valence-corrected chi connectivity index (χ3v) is 2.76. The van der Waals surface area contributed by atoms with Crippen LogP contribution in [0.15, 0.2) is 43.0 Å². The number of hydrogen-bond donors (Lipinski definition) is 1. The maximum absolute atomic E-state index is 11.2. The van der Waals surface area contributed by atoms with Crippen molar-refractivity contribution in [3.8, 4) is 5.75 Å². The predicted octanol–water partition coefficient (Wildman–Crippen LogP) is 2.92. The molecule has 0 aliphatic carbocycles. The first-order valence-corrected chi connectivity index (χ1v) is 6.90. The van der Waals surface area contributed by atoms with E-state index in [1.807, 2.05) is 22.9 Å². The number of nitrogens with one attached hydrogen (secondary N) is 1. The van der Waals surface area contributed by atoms with E-state index < -0.39 is 6.09 Å². The smallest absolute Gasteiger partial charge is 0.411 e. The minimum absolute atomic E-state index is 0.351. The Hall–Kier alpha value is -2.50. The van der Waals surface area contributed by atoms with Gasteiger partial charge in [0.1, 0.15) is 5.75 Å². The number of rotatable bonds is 7. The molecule has 6 heteroatoms. The Kier molecular flexibility index (Phi) is 5.63. The molecule has 2 rings (SSSR count). The number of hydrogen-bond acceptors (Lipinski definition) is 4. The Morgan fingerprint density at radius 1 is 1.33 bits per heavy atom. The Morgan fingerprint density at radius 3 is 2.81 bits per heavy atom. The quantitative estimate of drug-likeness (QED) is 0.796. The summed E-state index contributed by atoms with van der Waals surface area (Å²) in [6, 6.07) is 7.20. The summed E-state index contributed by atoms with van der Waals surface area (Å²) in [7, 11) is 0. The van der Waals surface area contributed by atoms with Gasteiger partial charge in [-0.15, -0.1) is 0 Å². The van der Waals surface area contributed by atoms with Gasteiger partial charge < -0.3 is 14.0 Å². The van der Waals surface area contributed by atoms with Gasteiger partial charge in [0.2, 0.25) is 0 Å². The van der Waals surface area contributed by atoms with Crippen molar-refractivity contribution in [3.05, 3.63) is 43.0 Å². The topological polar surface area (TPSA) is 65.4 Å². The number of amides is 1. The highest BCUT2D eigenvalue weighted by Crippen LogP contribution is 2.16. The fourth-order valence-electron chi connectivity index (χ4n) is 1.78. The summed E-state index contributed by atoms with van der Waals surface area (Å²) >= 11 is 0. The van der Waals surface area contributed by atoms with Crippen LogP contribution >= 0.6 is 0 Å². The van der Waals surface area contributed by atoms with E-state index in [9.17, 15) is 4.79 Å². The van der Waals surface area contributed by atoms with Crippen LogP contribution in [0.5, 0.6) is 5.75 Å². The van der Waals surface area contributed by atoms with Crippen LogP contribution in [0.1, 0.15) is 13.3 Å². The van der Waals surface area contributed by atoms with Crippen molar-refractivity contribution in [1.29, 1.82) is 0 Å². The van der Waals surface area contributed by atoms with Crippen molar-refractivity contribution in [2.45, 2.75) is 19.9 Å². The lowest BCUT2D eigenvalue weighted by Gasteiger charge is -2.08.